The Bertz CT molecular complexity index is 2390. The maximum absolute atomic E-state index is 13.9. The number of aliphatic hydroxyl groups excluding tert-OH is 11. The predicted molar refractivity (Wildman–Crippen MR) is 283 cm³/mol. The van der Waals surface area contributed by atoms with E-state index in [-0.39, 0.29) is 31.3 Å². The summed E-state index contributed by atoms with van der Waals surface area (Å²) in [5, 5.41) is 134. The Labute approximate surface area is 473 Å². The summed E-state index contributed by atoms with van der Waals surface area (Å²) in [7, 11) is 0. The molecule has 8 rings (SSSR count). The van der Waals surface area contributed by atoms with Gasteiger partial charge in [-0.05, 0) is 100 Å². The van der Waals surface area contributed by atoms with Crippen molar-refractivity contribution < 1.29 is 114 Å². The molecule has 3 saturated heterocycles. The normalized spacial score (nSPS) is 48.4. The molecule has 5 aliphatic carbocycles. The molecule has 3 heterocycles. The summed E-state index contributed by atoms with van der Waals surface area (Å²) in [6.45, 7) is 18.4. The van der Waals surface area contributed by atoms with Crippen molar-refractivity contribution in [2.45, 2.75) is 239 Å². The van der Waals surface area contributed by atoms with Crippen LogP contribution in [-0.2, 0) is 52.3 Å². The number of rotatable bonds is 14. The van der Waals surface area contributed by atoms with Crippen molar-refractivity contribution in [1.29, 1.82) is 0 Å². The van der Waals surface area contributed by atoms with Gasteiger partial charge in [-0.2, -0.15) is 0 Å². The molecule has 0 aromatic heterocycles. The summed E-state index contributed by atoms with van der Waals surface area (Å²) >= 11 is 0. The first-order valence-electron chi connectivity index (χ1n) is 28.1. The molecule has 23 nitrogen and oxygen atoms in total. The minimum absolute atomic E-state index is 0. The lowest BCUT2D eigenvalue weighted by Crippen LogP contribution is -2.76. The quantitative estimate of drug-likeness (QED) is 0.0497. The van der Waals surface area contributed by atoms with Crippen LogP contribution in [-0.4, -0.2) is 216 Å². The number of ether oxygens (including phenoxy) is 8. The maximum atomic E-state index is 13.9. The number of fused-ring (bicyclic) bond motifs is 7. The van der Waals surface area contributed by atoms with Gasteiger partial charge in [-0.25, -0.2) is 14.4 Å². The zero-order chi connectivity index (χ0) is 59.3. The molecule has 0 spiro atoms. The fourth-order valence-corrected chi connectivity index (χ4v) is 16.2. The van der Waals surface area contributed by atoms with Crippen molar-refractivity contribution in [3.05, 3.63) is 34.9 Å². The number of esters is 2. The van der Waals surface area contributed by atoms with Crippen molar-refractivity contribution in [2.24, 2.45) is 50.2 Å². The second-order valence-electron chi connectivity index (χ2n) is 26.0. The van der Waals surface area contributed by atoms with Gasteiger partial charge in [0.05, 0.1) is 43.5 Å². The first-order valence-corrected chi connectivity index (χ1v) is 28.1. The first kappa shape index (κ1) is 65.5. The van der Waals surface area contributed by atoms with E-state index in [1.54, 1.807) is 39.8 Å². The first-order chi connectivity index (χ1) is 37.3. The van der Waals surface area contributed by atoms with Crippen LogP contribution in [0.25, 0.3) is 0 Å². The van der Waals surface area contributed by atoms with Crippen molar-refractivity contribution >= 4 is 17.9 Å². The fourth-order valence-electron chi connectivity index (χ4n) is 16.2. The molecule has 0 aromatic rings. The lowest BCUT2D eigenvalue weighted by atomic mass is 9.32. The van der Waals surface area contributed by atoms with Crippen LogP contribution in [0.15, 0.2) is 34.9 Å². The monoisotopic (exact) mass is 1160 g/mol. The zero-order valence-electron chi connectivity index (χ0n) is 47.7. The largest absolute Gasteiger partial charge is 0.479 e. The Morgan fingerprint density at radius 2 is 1.17 bits per heavy atom. The van der Waals surface area contributed by atoms with Gasteiger partial charge in [-0.15, -0.1) is 0 Å². The van der Waals surface area contributed by atoms with E-state index >= 15 is 0 Å². The van der Waals surface area contributed by atoms with E-state index in [9.17, 15) is 75.7 Å². The molecule has 3 aliphatic heterocycles. The molecule has 81 heavy (non-hydrogen) atoms. The molecule has 0 aromatic carbocycles. The predicted octanol–water partition coefficient (Wildman–Crippen LogP) is 0.899. The van der Waals surface area contributed by atoms with Gasteiger partial charge in [0.25, 0.3) is 0 Å². The molecule has 12 N–H and O–H groups in total. The average molecular weight is 1160 g/mol. The number of hydrogen-bond acceptors (Lipinski definition) is 22. The molecule has 23 heteroatoms. The van der Waals surface area contributed by atoms with Crippen molar-refractivity contribution in [3.63, 3.8) is 0 Å². The Morgan fingerprint density at radius 1 is 0.642 bits per heavy atom. The lowest BCUT2D eigenvalue weighted by Gasteiger charge is -2.73. The van der Waals surface area contributed by atoms with Gasteiger partial charge in [0.15, 0.2) is 31.1 Å². The van der Waals surface area contributed by atoms with E-state index in [4.69, 9.17) is 37.9 Å². The Morgan fingerprint density at radius 3 is 1.70 bits per heavy atom. The summed E-state index contributed by atoms with van der Waals surface area (Å²) in [5.41, 5.74) is -4.40. The summed E-state index contributed by atoms with van der Waals surface area (Å²) in [6, 6.07) is 0. The van der Waals surface area contributed by atoms with Gasteiger partial charge < -0.3 is 99.2 Å². The molecule has 26 atom stereocenters. The molecule has 0 bridgehead atoms. The minimum atomic E-state index is -2.13. The number of carbonyl (C=O) groups excluding carboxylic acids is 2. The number of aliphatic carboxylic acids is 1. The zero-order valence-corrected chi connectivity index (χ0v) is 47.7. The number of aliphatic hydroxyl groups is 11. The minimum Gasteiger partial charge on any atom is -0.479 e. The van der Waals surface area contributed by atoms with Crippen LogP contribution in [0.5, 0.6) is 0 Å². The summed E-state index contributed by atoms with van der Waals surface area (Å²) in [5.74, 6) is -4.01. The van der Waals surface area contributed by atoms with Gasteiger partial charge >= 0.3 is 17.9 Å². The lowest BCUT2D eigenvalue weighted by molar-refractivity contribution is -0.386. The molecule has 462 valence electrons. The Kier molecular flexibility index (Phi) is 19.1. The molecule has 8 aliphatic rings. The molecule has 0 amide bonds. The van der Waals surface area contributed by atoms with Crippen LogP contribution in [0.3, 0.4) is 0 Å². The highest BCUT2D eigenvalue weighted by Gasteiger charge is 2.76. The Hall–Kier alpha value is -3.05. The molecule has 4 saturated carbocycles. The SMILES string of the molecule is C.C/C=C(/C)C(=O)O[C@H]1[C@H](OC(=O)/C(C)=C\C)[C@@]2(CO)C(CC1(C)C)C1=CCC3[C@@]4(C)CC[C@H](O[C@@H]5OC(C(=O)O)[C@@H](O)[C@@H](O[C@@H]6O[C@@H](CO)C(O)[C@@H]6O)C5O[C@@H]5OC(CO)[C@H](O)[C@@H](O)C5O)C(C)(C)C4CC[C@@]3(C)[C@]1(C)[C@@H](O)[C@H]2O. The van der Waals surface area contributed by atoms with Crippen molar-refractivity contribution in [2.75, 3.05) is 19.8 Å². The third-order valence-corrected chi connectivity index (χ3v) is 21.4. The van der Waals surface area contributed by atoms with E-state index in [0.29, 0.717) is 37.7 Å². The number of carboxylic acids is 1. The van der Waals surface area contributed by atoms with Gasteiger partial charge in [-0.3, -0.25) is 0 Å². The third-order valence-electron chi connectivity index (χ3n) is 21.4. The smallest absolute Gasteiger partial charge is 0.335 e. The van der Waals surface area contributed by atoms with E-state index < -0.39 is 193 Å². The number of carbonyl (C=O) groups is 3. The van der Waals surface area contributed by atoms with Crippen LogP contribution in [0, 0.1) is 50.2 Å². The molecule has 7 fully saturated rings. The van der Waals surface area contributed by atoms with Crippen LogP contribution in [0.2, 0.25) is 0 Å². The summed E-state index contributed by atoms with van der Waals surface area (Å²) in [6.07, 6.45) is -24.0. The van der Waals surface area contributed by atoms with Crippen LogP contribution < -0.4 is 0 Å². The van der Waals surface area contributed by atoms with Gasteiger partial charge in [0, 0.05) is 22.0 Å². The van der Waals surface area contributed by atoms with E-state index in [1.165, 1.54) is 0 Å². The highest BCUT2D eigenvalue weighted by molar-refractivity contribution is 5.89. The van der Waals surface area contributed by atoms with E-state index in [2.05, 4.69) is 19.9 Å². The highest BCUT2D eigenvalue weighted by atomic mass is 16.8. The van der Waals surface area contributed by atoms with Crippen molar-refractivity contribution in [3.8, 4) is 0 Å². The summed E-state index contributed by atoms with van der Waals surface area (Å²) in [4.78, 5) is 40.3. The highest BCUT2D eigenvalue weighted by Crippen LogP contribution is 2.76. The number of carboxylic acid groups (broad SMARTS) is 1. The topological polar surface area (TPSA) is 368 Å². The van der Waals surface area contributed by atoms with Crippen LogP contribution >= 0.6 is 0 Å². The maximum Gasteiger partial charge on any atom is 0.335 e. The summed E-state index contributed by atoms with van der Waals surface area (Å²) < 4.78 is 49.0. The molecular weight excluding hydrogens is 1060 g/mol. The van der Waals surface area contributed by atoms with Crippen LogP contribution in [0.1, 0.15) is 122 Å². The van der Waals surface area contributed by atoms with Gasteiger partial charge in [0.2, 0.25) is 0 Å². The molecule has 8 unspecified atom stereocenters. The second-order valence-corrected chi connectivity index (χ2v) is 26.0. The fraction of sp³-hybridized carbons (Fsp3) is 0.845. The molecule has 0 radical (unpaired) electrons. The standard InChI is InChI=1S/C57H88O23.CH4/c1-12-24(3)47(71)79-44-45(80-48(72)25(4)13-2)57(23-60)27(20-52(44,5)6)26-14-15-31-54(9)18-17-32(53(7,8)30(54)16-19-55(31,10)56(26,11)42(67)43(57)68)75-51-41(78-50-37(65)35(63)33(61)28(21-58)73-50)39(38(66)40(77-51)46(69)70)76-49-36(64)34(62)29(22-59)74-49;/h12-14,27-45,49-51,58-68H,15-23H2,1-11H3,(H,69,70);1H4/b24-12-,25-13-;/t27?,28?,29-,30?,31?,32-,33-,34?,35+,36-,37?,38-,39+,40?,41?,42-,43+,44-,45-,49-,50-,51+,54-,55+,56-,57-;/m0./s1. The van der Waals surface area contributed by atoms with Crippen LogP contribution in [0.4, 0.5) is 0 Å². The average Bonchev–Trinajstić information content (AvgIpc) is 3.11. The van der Waals surface area contributed by atoms with E-state index in [0.717, 1.165) is 5.57 Å². The number of allylic oxidation sites excluding steroid dienone is 3. The Balaban J connectivity index is 0.00000946. The van der Waals surface area contributed by atoms with Crippen molar-refractivity contribution in [1.82, 2.24) is 0 Å². The van der Waals surface area contributed by atoms with Gasteiger partial charge in [-0.1, -0.05) is 79.7 Å². The van der Waals surface area contributed by atoms with E-state index in [1.807, 2.05) is 34.6 Å². The third kappa shape index (κ3) is 10.3. The second kappa shape index (κ2) is 23.7. The number of hydrogen-bond donors (Lipinski definition) is 12. The van der Waals surface area contributed by atoms with Gasteiger partial charge in [0.1, 0.15) is 67.1 Å². The molecular formula is C58H92O23.